The van der Waals surface area contributed by atoms with Crippen LogP contribution < -0.4 is 34.7 Å². The van der Waals surface area contributed by atoms with Gasteiger partial charge in [-0.05, 0) is 19.3 Å². The van der Waals surface area contributed by atoms with Gasteiger partial charge < -0.3 is 14.6 Å². The first-order valence-corrected chi connectivity index (χ1v) is 7.16. The number of carbonyl (C=O) groups excluding carboxylic acids is 1. The molecule has 0 saturated heterocycles. The average molecular weight is 278 g/mol. The van der Waals surface area contributed by atoms with Gasteiger partial charge in [0, 0.05) is 12.6 Å². The van der Waals surface area contributed by atoms with E-state index in [1.165, 1.54) is 32.1 Å². The van der Waals surface area contributed by atoms with Gasteiger partial charge in [0.05, 0.1) is 6.61 Å². The van der Waals surface area contributed by atoms with Gasteiger partial charge in [0.25, 0.3) is 0 Å². The standard InChI is InChI=1S/C15H28O3.Na/c1-2-13-18-14-11-9-7-5-3-4-6-8-10-12-15(16)17;/h2H,1,3-14H2,(H,16,17);/q;+1/p-1. The number of hydrogen-bond donors (Lipinski definition) is 0. The number of carboxylic acid groups (broad SMARTS) is 1. The largest absolute Gasteiger partial charge is 1.00 e. The van der Waals surface area contributed by atoms with Crippen molar-refractivity contribution < 1.29 is 44.2 Å². The van der Waals surface area contributed by atoms with Gasteiger partial charge >= 0.3 is 29.6 Å². The molecule has 0 rings (SSSR count). The Hall–Kier alpha value is 0.170. The molecule has 0 unspecified atom stereocenters. The number of unbranched alkanes of at least 4 members (excludes halogenated alkanes) is 8. The van der Waals surface area contributed by atoms with E-state index in [9.17, 15) is 9.90 Å². The van der Waals surface area contributed by atoms with Crippen molar-refractivity contribution in [2.45, 2.75) is 64.2 Å². The van der Waals surface area contributed by atoms with Gasteiger partial charge in [-0.3, -0.25) is 0 Å². The summed E-state index contributed by atoms with van der Waals surface area (Å²) in [5.74, 6) is -0.923. The molecule has 0 atom stereocenters. The van der Waals surface area contributed by atoms with E-state index in [1.54, 1.807) is 6.08 Å². The maximum atomic E-state index is 10.2. The Balaban J connectivity index is 0. The van der Waals surface area contributed by atoms with Crippen LogP contribution in [0.2, 0.25) is 0 Å². The van der Waals surface area contributed by atoms with Crippen molar-refractivity contribution in [3.8, 4) is 0 Å². The third-order valence-electron chi connectivity index (χ3n) is 2.91. The molecular weight excluding hydrogens is 251 g/mol. The Bertz CT molecular complexity index is 208. The molecule has 0 N–H and O–H groups in total. The fourth-order valence-electron chi connectivity index (χ4n) is 1.88. The Kier molecular flexibility index (Phi) is 20.5. The molecule has 0 bridgehead atoms. The first kappa shape index (κ1) is 21.5. The summed E-state index contributed by atoms with van der Waals surface area (Å²) in [5, 5.41) is 10.2. The minimum absolute atomic E-state index is 0. The predicted octanol–water partition coefficient (Wildman–Crippen LogP) is -0.156. The normalized spacial score (nSPS) is 9.89. The molecule has 0 aliphatic rings. The fourth-order valence-corrected chi connectivity index (χ4v) is 1.88. The maximum absolute atomic E-state index is 10.2. The molecule has 0 radical (unpaired) electrons. The molecule has 0 aliphatic carbocycles. The Morgan fingerprint density at radius 3 is 1.89 bits per heavy atom. The van der Waals surface area contributed by atoms with Gasteiger partial charge in [-0.15, -0.1) is 6.58 Å². The van der Waals surface area contributed by atoms with E-state index in [1.807, 2.05) is 0 Å². The summed E-state index contributed by atoms with van der Waals surface area (Å²) in [6, 6.07) is 0. The number of ether oxygens (including phenoxy) is 1. The van der Waals surface area contributed by atoms with E-state index in [0.717, 1.165) is 32.3 Å². The summed E-state index contributed by atoms with van der Waals surface area (Å²) in [7, 11) is 0. The van der Waals surface area contributed by atoms with Gasteiger partial charge in [0.1, 0.15) is 0 Å². The van der Waals surface area contributed by atoms with Crippen LogP contribution >= 0.6 is 0 Å². The zero-order chi connectivity index (χ0) is 13.5. The van der Waals surface area contributed by atoms with E-state index in [2.05, 4.69) is 6.58 Å². The molecule has 0 aromatic carbocycles. The SMILES string of the molecule is C=CCOCCCCCCCCCCCC(=O)[O-].[Na+]. The van der Waals surface area contributed by atoms with E-state index in [0.29, 0.717) is 6.61 Å². The second-order valence-corrected chi connectivity index (χ2v) is 4.67. The maximum Gasteiger partial charge on any atom is 1.00 e. The van der Waals surface area contributed by atoms with Gasteiger partial charge in [0.15, 0.2) is 0 Å². The molecule has 0 saturated carbocycles. The predicted molar refractivity (Wildman–Crippen MR) is 72.2 cm³/mol. The van der Waals surface area contributed by atoms with Crippen molar-refractivity contribution in [2.75, 3.05) is 13.2 Å². The molecular formula is C15H27NaO3. The van der Waals surface area contributed by atoms with Crippen LogP contribution in [0.15, 0.2) is 12.7 Å². The zero-order valence-electron chi connectivity index (χ0n) is 12.5. The zero-order valence-corrected chi connectivity index (χ0v) is 14.5. The first-order valence-electron chi connectivity index (χ1n) is 7.16. The number of rotatable bonds is 14. The molecule has 0 heterocycles. The summed E-state index contributed by atoms with van der Waals surface area (Å²) < 4.78 is 5.30. The van der Waals surface area contributed by atoms with Crippen LogP contribution in [0.3, 0.4) is 0 Å². The summed E-state index contributed by atoms with van der Waals surface area (Å²) >= 11 is 0. The van der Waals surface area contributed by atoms with Crippen LogP contribution in [0.5, 0.6) is 0 Å². The Morgan fingerprint density at radius 1 is 0.947 bits per heavy atom. The monoisotopic (exact) mass is 278 g/mol. The van der Waals surface area contributed by atoms with Crippen molar-refractivity contribution >= 4 is 5.97 Å². The molecule has 0 aromatic rings. The Labute approximate surface area is 140 Å². The van der Waals surface area contributed by atoms with E-state index in [-0.39, 0.29) is 36.0 Å². The summed E-state index contributed by atoms with van der Waals surface area (Å²) in [6.07, 6.45) is 12.3. The van der Waals surface area contributed by atoms with Gasteiger partial charge in [-0.1, -0.05) is 51.0 Å². The molecule has 19 heavy (non-hydrogen) atoms. The molecule has 0 aromatic heterocycles. The average Bonchev–Trinajstić information content (AvgIpc) is 2.34. The number of aliphatic carboxylic acids is 1. The molecule has 0 spiro atoms. The topological polar surface area (TPSA) is 49.4 Å². The second-order valence-electron chi connectivity index (χ2n) is 4.67. The Morgan fingerprint density at radius 2 is 1.42 bits per heavy atom. The van der Waals surface area contributed by atoms with Crippen LogP contribution in [-0.4, -0.2) is 19.2 Å². The van der Waals surface area contributed by atoms with E-state index >= 15 is 0 Å². The van der Waals surface area contributed by atoms with Crippen molar-refractivity contribution in [3.63, 3.8) is 0 Å². The molecule has 0 amide bonds. The third-order valence-corrected chi connectivity index (χ3v) is 2.91. The molecule has 3 nitrogen and oxygen atoms in total. The molecule has 0 aliphatic heterocycles. The summed E-state index contributed by atoms with van der Waals surface area (Å²) in [4.78, 5) is 10.2. The fraction of sp³-hybridized carbons (Fsp3) is 0.800. The van der Waals surface area contributed by atoms with Crippen molar-refractivity contribution in [2.24, 2.45) is 0 Å². The van der Waals surface area contributed by atoms with Crippen LogP contribution in [0.1, 0.15) is 64.2 Å². The van der Waals surface area contributed by atoms with Crippen molar-refractivity contribution in [1.82, 2.24) is 0 Å². The van der Waals surface area contributed by atoms with Gasteiger partial charge in [-0.2, -0.15) is 0 Å². The number of hydrogen-bond acceptors (Lipinski definition) is 3. The van der Waals surface area contributed by atoms with Gasteiger partial charge in [0.2, 0.25) is 0 Å². The summed E-state index contributed by atoms with van der Waals surface area (Å²) in [5.41, 5.74) is 0. The smallest absolute Gasteiger partial charge is 0.550 e. The van der Waals surface area contributed by atoms with Crippen LogP contribution in [-0.2, 0) is 9.53 Å². The number of carboxylic acids is 1. The van der Waals surface area contributed by atoms with E-state index < -0.39 is 5.97 Å². The quantitative estimate of drug-likeness (QED) is 0.252. The first-order chi connectivity index (χ1) is 8.77. The van der Waals surface area contributed by atoms with Gasteiger partial charge in [-0.25, -0.2) is 0 Å². The van der Waals surface area contributed by atoms with E-state index in [4.69, 9.17) is 4.74 Å². The molecule has 106 valence electrons. The van der Waals surface area contributed by atoms with Crippen LogP contribution in [0, 0.1) is 0 Å². The molecule has 0 fully saturated rings. The third kappa shape index (κ3) is 20.6. The number of carbonyl (C=O) groups is 1. The second kappa shape index (κ2) is 18.2. The minimum Gasteiger partial charge on any atom is -0.550 e. The molecule has 4 heteroatoms. The van der Waals surface area contributed by atoms with Crippen molar-refractivity contribution in [1.29, 1.82) is 0 Å². The van der Waals surface area contributed by atoms with Crippen LogP contribution in [0.25, 0.3) is 0 Å². The minimum atomic E-state index is -0.923. The van der Waals surface area contributed by atoms with Crippen LogP contribution in [0.4, 0.5) is 0 Å². The summed E-state index contributed by atoms with van der Waals surface area (Å²) in [6.45, 7) is 5.10. The van der Waals surface area contributed by atoms with Crippen molar-refractivity contribution in [3.05, 3.63) is 12.7 Å².